The van der Waals surface area contributed by atoms with E-state index in [0.29, 0.717) is 6.29 Å². The quantitative estimate of drug-likeness (QED) is 0.486. The highest BCUT2D eigenvalue weighted by Gasteiger charge is 1.96. The third-order valence-corrected chi connectivity index (χ3v) is 0.807. The molecule has 0 unspecified atom stereocenters. The molecule has 0 aliphatic rings. The van der Waals surface area contributed by atoms with Gasteiger partial charge in [-0.3, -0.25) is 0 Å². The maximum absolute atomic E-state index is 9.85. The third-order valence-electron chi connectivity index (χ3n) is 0.807. The van der Waals surface area contributed by atoms with Gasteiger partial charge in [0.15, 0.2) is 0 Å². The second-order valence-corrected chi connectivity index (χ2v) is 1.39. The van der Waals surface area contributed by atoms with Gasteiger partial charge in [0, 0.05) is 0 Å². The van der Waals surface area contributed by atoms with E-state index < -0.39 is 0 Å². The van der Waals surface area contributed by atoms with Gasteiger partial charge in [0.25, 0.3) is 0 Å². The minimum absolute atomic E-state index is 0.110. The topological polar surface area (TPSA) is 86.7 Å². The molecule has 0 bridgehead atoms. The molecule has 6 nitrogen and oxygen atoms in total. The van der Waals surface area contributed by atoms with Gasteiger partial charge >= 0.3 is 0 Å². The highest BCUT2D eigenvalue weighted by atomic mass is 16.1. The Morgan fingerprint density at radius 1 is 1.78 bits per heavy atom. The molecule has 9 heavy (non-hydrogen) atoms. The number of tetrazole rings is 1. The molecule has 1 aromatic rings. The van der Waals surface area contributed by atoms with Crippen LogP contribution in [-0.2, 0) is 11.3 Å². The van der Waals surface area contributed by atoms with Gasteiger partial charge in [-0.25, -0.2) is 4.68 Å². The van der Waals surface area contributed by atoms with Crippen LogP contribution in [0.4, 0.5) is 5.95 Å². The van der Waals surface area contributed by atoms with Gasteiger partial charge in [0.2, 0.25) is 5.95 Å². The van der Waals surface area contributed by atoms with Gasteiger partial charge in [0.1, 0.15) is 12.8 Å². The van der Waals surface area contributed by atoms with E-state index in [0.717, 1.165) is 0 Å². The number of anilines is 1. The zero-order valence-electron chi connectivity index (χ0n) is 4.56. The van der Waals surface area contributed by atoms with Crippen LogP contribution in [0.25, 0.3) is 0 Å². The number of aldehydes is 1. The van der Waals surface area contributed by atoms with Gasteiger partial charge in [-0.1, -0.05) is 5.10 Å². The Labute approximate surface area is 50.6 Å². The van der Waals surface area contributed by atoms with E-state index in [9.17, 15) is 4.79 Å². The van der Waals surface area contributed by atoms with Gasteiger partial charge in [-0.2, -0.15) is 0 Å². The number of hydrogen-bond acceptors (Lipinski definition) is 5. The maximum atomic E-state index is 9.85. The SMILES string of the molecule is Nc1nnnn1CC=O. The van der Waals surface area contributed by atoms with Crippen molar-refractivity contribution in [2.45, 2.75) is 6.54 Å². The first-order chi connectivity index (χ1) is 4.34. The number of hydrogen-bond donors (Lipinski definition) is 1. The van der Waals surface area contributed by atoms with Gasteiger partial charge in [-0.15, -0.1) is 0 Å². The lowest BCUT2D eigenvalue weighted by molar-refractivity contribution is -0.108. The molecule has 0 aliphatic heterocycles. The number of nitrogen functional groups attached to an aromatic ring is 1. The van der Waals surface area contributed by atoms with Crippen LogP contribution in [0, 0.1) is 0 Å². The van der Waals surface area contributed by atoms with E-state index in [2.05, 4.69) is 15.5 Å². The van der Waals surface area contributed by atoms with Crippen LogP contribution >= 0.6 is 0 Å². The van der Waals surface area contributed by atoms with Crippen molar-refractivity contribution in [2.75, 3.05) is 5.73 Å². The van der Waals surface area contributed by atoms with Gasteiger partial charge in [-0.05, 0) is 10.4 Å². The molecule has 1 rings (SSSR count). The van der Waals surface area contributed by atoms with Crippen LogP contribution < -0.4 is 5.73 Å². The predicted octanol–water partition coefficient (Wildman–Crippen LogP) is -1.55. The number of aromatic nitrogens is 4. The minimum Gasteiger partial charge on any atom is -0.367 e. The lowest BCUT2D eigenvalue weighted by Crippen LogP contribution is -2.05. The van der Waals surface area contributed by atoms with Crippen molar-refractivity contribution in [3.05, 3.63) is 0 Å². The van der Waals surface area contributed by atoms with E-state index in [1.807, 2.05) is 0 Å². The Kier molecular flexibility index (Phi) is 1.39. The highest BCUT2D eigenvalue weighted by molar-refractivity contribution is 5.49. The zero-order valence-corrected chi connectivity index (χ0v) is 4.56. The first-order valence-electron chi connectivity index (χ1n) is 2.30. The van der Waals surface area contributed by atoms with Crippen molar-refractivity contribution in [3.8, 4) is 0 Å². The summed E-state index contributed by atoms with van der Waals surface area (Å²) >= 11 is 0. The Balaban J connectivity index is 2.80. The predicted molar refractivity (Wildman–Crippen MR) is 28.3 cm³/mol. The number of nitrogens with zero attached hydrogens (tertiary/aromatic N) is 4. The smallest absolute Gasteiger partial charge is 0.240 e. The summed E-state index contributed by atoms with van der Waals surface area (Å²) in [6, 6.07) is 0. The van der Waals surface area contributed by atoms with Crippen molar-refractivity contribution in [3.63, 3.8) is 0 Å². The summed E-state index contributed by atoms with van der Waals surface area (Å²) in [6.45, 7) is 0.110. The maximum Gasteiger partial charge on any atom is 0.240 e. The zero-order chi connectivity index (χ0) is 6.69. The summed E-state index contributed by atoms with van der Waals surface area (Å²) in [4.78, 5) is 9.85. The molecule has 0 fully saturated rings. The minimum atomic E-state index is 0.110. The lowest BCUT2D eigenvalue weighted by atomic mass is 10.7. The molecule has 0 amide bonds. The van der Waals surface area contributed by atoms with E-state index in [1.54, 1.807) is 0 Å². The summed E-state index contributed by atoms with van der Waals surface area (Å²) < 4.78 is 1.20. The monoisotopic (exact) mass is 127 g/mol. The number of carbonyl (C=O) groups is 1. The first-order valence-corrected chi connectivity index (χ1v) is 2.30. The van der Waals surface area contributed by atoms with E-state index in [-0.39, 0.29) is 12.5 Å². The molecule has 0 saturated heterocycles. The summed E-state index contributed by atoms with van der Waals surface area (Å²) in [5, 5.41) is 9.98. The molecule has 2 N–H and O–H groups in total. The van der Waals surface area contributed by atoms with Crippen LogP contribution in [0.3, 0.4) is 0 Å². The van der Waals surface area contributed by atoms with Gasteiger partial charge in [0.05, 0.1) is 0 Å². The third kappa shape index (κ3) is 1.01. The fraction of sp³-hybridized carbons (Fsp3) is 0.333. The van der Waals surface area contributed by atoms with Crippen molar-refractivity contribution < 1.29 is 4.79 Å². The second-order valence-electron chi connectivity index (χ2n) is 1.39. The van der Waals surface area contributed by atoms with Crippen LogP contribution in [0.1, 0.15) is 0 Å². The fourth-order valence-electron chi connectivity index (χ4n) is 0.412. The average molecular weight is 127 g/mol. The van der Waals surface area contributed by atoms with Crippen LogP contribution in [0.15, 0.2) is 0 Å². The molecule has 0 aromatic carbocycles. The number of rotatable bonds is 2. The normalized spacial score (nSPS) is 9.33. The van der Waals surface area contributed by atoms with E-state index >= 15 is 0 Å². The van der Waals surface area contributed by atoms with E-state index in [1.165, 1.54) is 4.68 Å². The molecule has 0 radical (unpaired) electrons. The molecular weight excluding hydrogens is 122 g/mol. The fourth-order valence-corrected chi connectivity index (χ4v) is 0.412. The van der Waals surface area contributed by atoms with Crippen molar-refractivity contribution in [1.82, 2.24) is 20.2 Å². The molecular formula is C3H5N5O. The summed E-state index contributed by atoms with van der Waals surface area (Å²) in [7, 11) is 0. The molecule has 1 aromatic heterocycles. The van der Waals surface area contributed by atoms with Gasteiger partial charge < -0.3 is 10.5 Å². The van der Waals surface area contributed by atoms with Crippen molar-refractivity contribution in [1.29, 1.82) is 0 Å². The number of nitrogens with two attached hydrogens (primary N) is 1. The molecule has 0 atom stereocenters. The first kappa shape index (κ1) is 5.67. The number of carbonyl (C=O) groups excluding carboxylic acids is 1. The molecule has 6 heteroatoms. The lowest BCUT2D eigenvalue weighted by Gasteiger charge is -1.89. The molecule has 0 aliphatic carbocycles. The molecule has 48 valence electrons. The average Bonchev–Trinajstić information content (AvgIpc) is 2.18. The van der Waals surface area contributed by atoms with Crippen molar-refractivity contribution in [2.24, 2.45) is 0 Å². The van der Waals surface area contributed by atoms with Crippen LogP contribution in [0.5, 0.6) is 0 Å². The van der Waals surface area contributed by atoms with E-state index in [4.69, 9.17) is 5.73 Å². The summed E-state index contributed by atoms with van der Waals surface area (Å²) in [6.07, 6.45) is 0.673. The Bertz CT molecular complexity index is 206. The highest BCUT2D eigenvalue weighted by Crippen LogP contribution is 1.87. The Morgan fingerprint density at radius 3 is 3.00 bits per heavy atom. The molecule has 1 heterocycles. The second kappa shape index (κ2) is 2.21. The Morgan fingerprint density at radius 2 is 2.56 bits per heavy atom. The molecule has 0 saturated carbocycles. The summed E-state index contributed by atoms with van der Waals surface area (Å²) in [5.74, 6) is 0.155. The summed E-state index contributed by atoms with van der Waals surface area (Å²) in [5.41, 5.74) is 5.19. The standard InChI is InChI=1S/C3H5N5O/c4-3-5-6-7-8(3)1-2-9/h2H,1H2,(H2,4,5,7). The van der Waals surface area contributed by atoms with Crippen molar-refractivity contribution >= 4 is 12.2 Å². The Hall–Kier alpha value is -1.46. The molecule has 0 spiro atoms. The van der Waals surface area contributed by atoms with Crippen LogP contribution in [-0.4, -0.2) is 26.5 Å². The largest absolute Gasteiger partial charge is 0.367 e. The van der Waals surface area contributed by atoms with Crippen LogP contribution in [0.2, 0.25) is 0 Å².